The van der Waals surface area contributed by atoms with Gasteiger partial charge in [0.2, 0.25) is 0 Å². The Morgan fingerprint density at radius 3 is 2.65 bits per heavy atom. The Hall–Kier alpha value is -1.88. The van der Waals surface area contributed by atoms with Crippen LogP contribution >= 0.6 is 0 Å². The van der Waals surface area contributed by atoms with Crippen molar-refractivity contribution in [3.8, 4) is 0 Å². The normalized spacial score (nSPS) is 12.5. The van der Waals surface area contributed by atoms with Gasteiger partial charge in [-0.15, -0.1) is 0 Å². The van der Waals surface area contributed by atoms with Crippen LogP contribution in [-0.2, 0) is 0 Å². The molecule has 1 aromatic carbocycles. The predicted octanol–water partition coefficient (Wildman–Crippen LogP) is 2.11. The quantitative estimate of drug-likeness (QED) is 0.867. The lowest BCUT2D eigenvalue weighted by atomic mass is 10.0. The molecule has 0 aliphatic heterocycles. The van der Waals surface area contributed by atoms with E-state index < -0.39 is 17.7 Å². The van der Waals surface area contributed by atoms with Gasteiger partial charge in [0.05, 0.1) is 17.9 Å². The molecule has 5 heteroatoms. The van der Waals surface area contributed by atoms with E-state index in [2.05, 4.69) is 9.97 Å². The van der Waals surface area contributed by atoms with Crippen molar-refractivity contribution in [2.45, 2.75) is 13.0 Å². The van der Waals surface area contributed by atoms with E-state index in [1.54, 1.807) is 6.92 Å². The van der Waals surface area contributed by atoms with Gasteiger partial charge in [-0.05, 0) is 18.6 Å². The monoisotopic (exact) mass is 235 g/mol. The Bertz CT molecular complexity index is 529. The van der Waals surface area contributed by atoms with Crippen LogP contribution < -0.4 is 5.73 Å². The van der Waals surface area contributed by atoms with E-state index >= 15 is 0 Å². The zero-order valence-electron chi connectivity index (χ0n) is 9.19. The van der Waals surface area contributed by atoms with Crippen molar-refractivity contribution in [1.29, 1.82) is 0 Å². The van der Waals surface area contributed by atoms with Crippen LogP contribution in [0.15, 0.2) is 30.7 Å². The minimum atomic E-state index is -0.955. The van der Waals surface area contributed by atoms with Crippen molar-refractivity contribution in [2.75, 3.05) is 0 Å². The van der Waals surface area contributed by atoms with E-state index in [9.17, 15) is 8.78 Å². The molecule has 1 unspecified atom stereocenters. The molecular formula is C12H11F2N3. The van der Waals surface area contributed by atoms with Crippen LogP contribution in [0.2, 0.25) is 0 Å². The summed E-state index contributed by atoms with van der Waals surface area (Å²) >= 11 is 0. The first kappa shape index (κ1) is 11.6. The Kier molecular flexibility index (Phi) is 3.10. The van der Waals surface area contributed by atoms with Crippen molar-refractivity contribution < 1.29 is 8.78 Å². The number of nitrogens with zero attached hydrogens (tertiary/aromatic N) is 2. The molecule has 2 aromatic rings. The van der Waals surface area contributed by atoms with E-state index in [-0.39, 0.29) is 5.56 Å². The van der Waals surface area contributed by atoms with Gasteiger partial charge in [0.1, 0.15) is 11.6 Å². The maximum atomic E-state index is 13.8. The molecule has 3 nitrogen and oxygen atoms in total. The molecule has 1 aromatic heterocycles. The van der Waals surface area contributed by atoms with Gasteiger partial charge in [-0.3, -0.25) is 9.97 Å². The molecule has 0 bridgehead atoms. The topological polar surface area (TPSA) is 51.8 Å². The van der Waals surface area contributed by atoms with Crippen LogP contribution in [0.5, 0.6) is 0 Å². The fourth-order valence-electron chi connectivity index (χ4n) is 1.58. The molecule has 0 radical (unpaired) electrons. The molecule has 0 amide bonds. The van der Waals surface area contributed by atoms with Crippen molar-refractivity contribution in [3.63, 3.8) is 0 Å². The Morgan fingerprint density at radius 2 is 2.00 bits per heavy atom. The third-order valence-electron chi connectivity index (χ3n) is 2.53. The first-order valence-electron chi connectivity index (χ1n) is 5.07. The summed E-state index contributed by atoms with van der Waals surface area (Å²) < 4.78 is 27.4. The third-order valence-corrected chi connectivity index (χ3v) is 2.53. The van der Waals surface area contributed by atoms with Gasteiger partial charge in [-0.1, -0.05) is 6.07 Å². The van der Waals surface area contributed by atoms with Crippen LogP contribution in [-0.4, -0.2) is 9.97 Å². The Morgan fingerprint density at radius 1 is 1.24 bits per heavy atom. The van der Waals surface area contributed by atoms with Gasteiger partial charge >= 0.3 is 0 Å². The summed E-state index contributed by atoms with van der Waals surface area (Å²) in [5.41, 5.74) is 6.31. The molecule has 0 spiro atoms. The lowest BCUT2D eigenvalue weighted by Crippen LogP contribution is -2.17. The van der Waals surface area contributed by atoms with Crippen molar-refractivity contribution in [1.82, 2.24) is 9.97 Å². The SMILES string of the molecule is Cc1ccc(F)c(C(N)c2cnccn2)c1F. The molecule has 2 rings (SSSR count). The van der Waals surface area contributed by atoms with Crippen molar-refractivity contribution in [2.24, 2.45) is 5.73 Å². The number of hydrogen-bond donors (Lipinski definition) is 1. The van der Waals surface area contributed by atoms with Crippen molar-refractivity contribution in [3.05, 3.63) is 59.2 Å². The van der Waals surface area contributed by atoms with Crippen LogP contribution in [0.1, 0.15) is 22.9 Å². The lowest BCUT2D eigenvalue weighted by Gasteiger charge is -2.14. The zero-order valence-corrected chi connectivity index (χ0v) is 9.19. The molecule has 0 saturated heterocycles. The maximum absolute atomic E-state index is 13.8. The highest BCUT2D eigenvalue weighted by Crippen LogP contribution is 2.25. The molecule has 88 valence electrons. The smallest absolute Gasteiger partial charge is 0.134 e. The molecule has 0 fully saturated rings. The number of rotatable bonds is 2. The molecule has 2 N–H and O–H groups in total. The van der Waals surface area contributed by atoms with Gasteiger partial charge in [-0.25, -0.2) is 8.78 Å². The van der Waals surface area contributed by atoms with E-state index in [1.807, 2.05) is 0 Å². The van der Waals surface area contributed by atoms with Crippen LogP contribution in [0, 0.1) is 18.6 Å². The zero-order chi connectivity index (χ0) is 12.4. The number of hydrogen-bond acceptors (Lipinski definition) is 3. The molecule has 17 heavy (non-hydrogen) atoms. The van der Waals surface area contributed by atoms with Gasteiger partial charge in [0, 0.05) is 18.0 Å². The standard InChI is InChI=1S/C12H11F2N3/c1-7-2-3-8(13)10(11(7)14)12(15)9-6-16-4-5-17-9/h2-6,12H,15H2,1H3. The fraction of sp³-hybridized carbons (Fsp3) is 0.167. The fourth-order valence-corrected chi connectivity index (χ4v) is 1.58. The molecule has 1 atom stereocenters. The summed E-state index contributed by atoms with van der Waals surface area (Å²) in [6, 6.07) is 1.62. The van der Waals surface area contributed by atoms with Crippen LogP contribution in [0.4, 0.5) is 8.78 Å². The second-order valence-corrected chi connectivity index (χ2v) is 3.70. The van der Waals surface area contributed by atoms with Crippen LogP contribution in [0.3, 0.4) is 0 Å². The molecule has 0 saturated carbocycles. The van der Waals surface area contributed by atoms with E-state index in [4.69, 9.17) is 5.73 Å². The van der Waals surface area contributed by atoms with Crippen molar-refractivity contribution >= 4 is 0 Å². The van der Waals surface area contributed by atoms with Gasteiger partial charge in [0.25, 0.3) is 0 Å². The summed E-state index contributed by atoms with van der Waals surface area (Å²) in [4.78, 5) is 7.77. The Labute approximate surface area is 97.3 Å². The summed E-state index contributed by atoms with van der Waals surface area (Å²) in [6.07, 6.45) is 4.30. The minimum Gasteiger partial charge on any atom is -0.319 e. The molecular weight excluding hydrogens is 224 g/mol. The predicted molar refractivity (Wildman–Crippen MR) is 59.2 cm³/mol. The Balaban J connectivity index is 2.51. The second-order valence-electron chi connectivity index (χ2n) is 3.70. The lowest BCUT2D eigenvalue weighted by molar-refractivity contribution is 0.535. The minimum absolute atomic E-state index is 0.175. The number of halogens is 2. The highest BCUT2D eigenvalue weighted by molar-refractivity contribution is 5.33. The average molecular weight is 235 g/mol. The molecule has 0 aliphatic rings. The summed E-state index contributed by atoms with van der Waals surface area (Å²) in [5, 5.41) is 0. The van der Waals surface area contributed by atoms with E-state index in [0.29, 0.717) is 11.3 Å². The van der Waals surface area contributed by atoms with E-state index in [0.717, 1.165) is 0 Å². The highest BCUT2D eigenvalue weighted by Gasteiger charge is 2.20. The summed E-state index contributed by atoms with van der Waals surface area (Å²) in [5.74, 6) is -1.31. The summed E-state index contributed by atoms with van der Waals surface area (Å²) in [6.45, 7) is 1.56. The average Bonchev–Trinajstić information content (AvgIpc) is 2.35. The number of aryl methyl sites for hydroxylation is 1. The van der Waals surface area contributed by atoms with E-state index in [1.165, 1.54) is 30.7 Å². The first-order valence-corrected chi connectivity index (χ1v) is 5.07. The molecule has 1 heterocycles. The van der Waals surface area contributed by atoms with Crippen LogP contribution in [0.25, 0.3) is 0 Å². The van der Waals surface area contributed by atoms with Gasteiger partial charge in [-0.2, -0.15) is 0 Å². The largest absolute Gasteiger partial charge is 0.319 e. The second kappa shape index (κ2) is 4.55. The molecule has 0 aliphatic carbocycles. The highest BCUT2D eigenvalue weighted by atomic mass is 19.1. The number of aromatic nitrogens is 2. The first-order chi connectivity index (χ1) is 8.11. The van der Waals surface area contributed by atoms with Gasteiger partial charge in [0.15, 0.2) is 0 Å². The maximum Gasteiger partial charge on any atom is 0.134 e. The number of nitrogens with two attached hydrogens (primary N) is 1. The summed E-state index contributed by atoms with van der Waals surface area (Å²) in [7, 11) is 0. The van der Waals surface area contributed by atoms with Gasteiger partial charge < -0.3 is 5.73 Å². The number of benzene rings is 1. The third kappa shape index (κ3) is 2.14.